The zero-order valence-corrected chi connectivity index (χ0v) is 21.5. The third-order valence-corrected chi connectivity index (χ3v) is 5.50. The van der Waals surface area contributed by atoms with Gasteiger partial charge in [-0.05, 0) is 45.2 Å². The summed E-state index contributed by atoms with van der Waals surface area (Å²) in [5.41, 5.74) is 0.596. The van der Waals surface area contributed by atoms with Crippen LogP contribution in [0.25, 0.3) is 0 Å². The molecule has 1 N–H and O–H groups in total. The predicted molar refractivity (Wildman–Crippen MR) is 127 cm³/mol. The van der Waals surface area contributed by atoms with Gasteiger partial charge in [0.2, 0.25) is 12.4 Å². The van der Waals surface area contributed by atoms with Crippen LogP contribution in [0.3, 0.4) is 0 Å². The highest BCUT2D eigenvalue weighted by Crippen LogP contribution is 2.32. The average Bonchev–Trinajstić information content (AvgIpc) is 2.80. The van der Waals surface area contributed by atoms with Crippen molar-refractivity contribution in [1.82, 2.24) is 0 Å². The molecule has 0 aromatic heterocycles. The maximum Gasteiger partial charge on any atom is 0.339 e. The lowest BCUT2D eigenvalue weighted by Gasteiger charge is -2.43. The van der Waals surface area contributed by atoms with E-state index in [9.17, 15) is 24.3 Å². The van der Waals surface area contributed by atoms with Gasteiger partial charge in [0.15, 0.2) is 12.2 Å². The van der Waals surface area contributed by atoms with Crippen LogP contribution in [-0.4, -0.2) is 59.7 Å². The third-order valence-electron chi connectivity index (χ3n) is 5.50. The van der Waals surface area contributed by atoms with E-state index in [1.54, 1.807) is 26.8 Å². The van der Waals surface area contributed by atoms with Crippen molar-refractivity contribution >= 4 is 23.9 Å². The van der Waals surface area contributed by atoms with Gasteiger partial charge < -0.3 is 28.8 Å². The minimum atomic E-state index is -1.33. The normalized spacial score (nSPS) is 23.4. The summed E-state index contributed by atoms with van der Waals surface area (Å²) >= 11 is 0. The Labute approximate surface area is 211 Å². The van der Waals surface area contributed by atoms with Gasteiger partial charge in [-0.3, -0.25) is 14.4 Å². The molecule has 0 aliphatic carbocycles. The van der Waals surface area contributed by atoms with E-state index in [0.717, 1.165) is 0 Å². The van der Waals surface area contributed by atoms with Crippen LogP contribution in [0.4, 0.5) is 0 Å². The van der Waals surface area contributed by atoms with E-state index in [0.29, 0.717) is 24.8 Å². The van der Waals surface area contributed by atoms with Crippen LogP contribution in [-0.2, 0) is 33.3 Å². The van der Waals surface area contributed by atoms with Gasteiger partial charge in [0.25, 0.3) is 0 Å². The molecule has 1 unspecified atom stereocenters. The monoisotopic (exact) mass is 508 g/mol. The van der Waals surface area contributed by atoms with E-state index in [2.05, 4.69) is 0 Å². The highest BCUT2D eigenvalue weighted by Gasteiger charge is 2.52. The number of rotatable bonds is 12. The Kier molecular flexibility index (Phi) is 11.2. The fourth-order valence-electron chi connectivity index (χ4n) is 3.77. The second-order valence-corrected chi connectivity index (χ2v) is 8.75. The van der Waals surface area contributed by atoms with Gasteiger partial charge in [-0.1, -0.05) is 32.4 Å². The molecule has 0 saturated carbocycles. The number of hydrogen-bond acceptors (Lipinski definition) is 9. The number of aryl methyl sites for hydroxylation is 1. The topological polar surface area (TPSA) is 135 Å². The minimum Gasteiger partial charge on any atom is -0.478 e. The van der Waals surface area contributed by atoms with Crippen LogP contribution < -0.4 is 4.74 Å². The van der Waals surface area contributed by atoms with E-state index in [1.807, 2.05) is 13.8 Å². The molecular formula is C26H36O10. The van der Waals surface area contributed by atoms with Crippen LogP contribution in [0.2, 0.25) is 0 Å². The summed E-state index contributed by atoms with van der Waals surface area (Å²) in [5.74, 6) is -2.90. The summed E-state index contributed by atoms with van der Waals surface area (Å²) in [6, 6.07) is 4.58. The lowest BCUT2D eigenvalue weighted by molar-refractivity contribution is -0.281. The second-order valence-electron chi connectivity index (χ2n) is 8.75. The number of aromatic carboxylic acids is 1. The molecule has 1 saturated heterocycles. The highest BCUT2D eigenvalue weighted by molar-refractivity contribution is 5.91. The molecule has 0 radical (unpaired) electrons. The molecular weight excluding hydrogens is 472 g/mol. The summed E-state index contributed by atoms with van der Waals surface area (Å²) in [5, 5.41) is 9.64. The zero-order valence-electron chi connectivity index (χ0n) is 21.5. The van der Waals surface area contributed by atoms with Gasteiger partial charge >= 0.3 is 23.9 Å². The molecule has 10 heteroatoms. The van der Waals surface area contributed by atoms with Crippen molar-refractivity contribution in [3.8, 4) is 5.75 Å². The van der Waals surface area contributed by atoms with E-state index < -0.39 is 54.6 Å². The molecule has 1 aromatic rings. The largest absolute Gasteiger partial charge is 0.478 e. The van der Waals surface area contributed by atoms with Crippen molar-refractivity contribution in [2.45, 2.75) is 104 Å². The van der Waals surface area contributed by atoms with Crippen LogP contribution in [0, 0.1) is 6.92 Å². The Morgan fingerprint density at radius 2 is 1.33 bits per heavy atom. The number of hydrogen-bond donors (Lipinski definition) is 1. The van der Waals surface area contributed by atoms with Crippen LogP contribution in [0.1, 0.15) is 82.1 Å². The summed E-state index contributed by atoms with van der Waals surface area (Å²) in [6.07, 6.45) is -3.87. The number of benzene rings is 1. The van der Waals surface area contributed by atoms with Crippen molar-refractivity contribution in [3.05, 3.63) is 29.3 Å². The molecule has 0 spiro atoms. The van der Waals surface area contributed by atoms with Crippen molar-refractivity contribution in [1.29, 1.82) is 0 Å². The predicted octanol–water partition coefficient (Wildman–Crippen LogP) is 3.95. The molecule has 36 heavy (non-hydrogen) atoms. The van der Waals surface area contributed by atoms with Gasteiger partial charge in [-0.2, -0.15) is 0 Å². The molecule has 1 aliphatic heterocycles. The van der Waals surface area contributed by atoms with Crippen molar-refractivity contribution in [2.75, 3.05) is 0 Å². The Morgan fingerprint density at radius 1 is 0.833 bits per heavy atom. The first-order chi connectivity index (χ1) is 17.1. The minimum absolute atomic E-state index is 0.0121. The van der Waals surface area contributed by atoms with Crippen molar-refractivity contribution in [2.24, 2.45) is 0 Å². The van der Waals surface area contributed by atoms with E-state index >= 15 is 0 Å². The number of carbonyl (C=O) groups excluding carboxylic acids is 3. The van der Waals surface area contributed by atoms with Gasteiger partial charge in [0, 0.05) is 19.3 Å². The second kappa shape index (κ2) is 13.8. The smallest absolute Gasteiger partial charge is 0.339 e. The van der Waals surface area contributed by atoms with Gasteiger partial charge in [0.05, 0.1) is 6.10 Å². The van der Waals surface area contributed by atoms with Crippen LogP contribution in [0.15, 0.2) is 18.2 Å². The first-order valence-corrected chi connectivity index (χ1v) is 12.4. The molecule has 5 atom stereocenters. The molecule has 0 amide bonds. The number of carboxylic acid groups (broad SMARTS) is 1. The molecule has 0 bridgehead atoms. The molecule has 2 rings (SSSR count). The van der Waals surface area contributed by atoms with E-state index in [-0.39, 0.29) is 30.6 Å². The fraction of sp³-hybridized carbons (Fsp3) is 0.615. The van der Waals surface area contributed by atoms with Crippen LogP contribution >= 0.6 is 0 Å². The number of carboxylic acids is 1. The molecule has 1 aliphatic rings. The molecule has 1 heterocycles. The molecule has 200 valence electrons. The van der Waals surface area contributed by atoms with Crippen molar-refractivity contribution < 1.29 is 48.0 Å². The van der Waals surface area contributed by atoms with E-state index in [1.165, 1.54) is 12.1 Å². The lowest BCUT2D eigenvalue weighted by Crippen LogP contribution is -2.62. The number of ether oxygens (including phenoxy) is 5. The summed E-state index contributed by atoms with van der Waals surface area (Å²) in [4.78, 5) is 49.2. The van der Waals surface area contributed by atoms with Crippen LogP contribution in [0.5, 0.6) is 5.75 Å². The Hall–Kier alpha value is -3.14. The van der Waals surface area contributed by atoms with E-state index in [4.69, 9.17) is 23.7 Å². The Morgan fingerprint density at radius 3 is 1.83 bits per heavy atom. The van der Waals surface area contributed by atoms with Gasteiger partial charge in [-0.15, -0.1) is 0 Å². The number of esters is 3. The molecule has 1 fully saturated rings. The SMILES string of the molecule is CCCC(=O)O[C@@H]1[C@H](OC(=O)CCC)[C@H](C)OC(Oc2ccc(C)cc2C(=O)O)[C@H]1OC(=O)CCC. The van der Waals surface area contributed by atoms with Gasteiger partial charge in [0.1, 0.15) is 11.3 Å². The molecule has 10 nitrogen and oxygen atoms in total. The summed E-state index contributed by atoms with van der Waals surface area (Å²) < 4.78 is 28.8. The van der Waals surface area contributed by atoms with Crippen molar-refractivity contribution in [3.63, 3.8) is 0 Å². The number of carbonyl (C=O) groups is 4. The quantitative estimate of drug-likeness (QED) is 0.326. The lowest BCUT2D eigenvalue weighted by atomic mass is 9.98. The third kappa shape index (κ3) is 7.94. The highest BCUT2D eigenvalue weighted by atomic mass is 16.7. The Bertz CT molecular complexity index is 927. The summed E-state index contributed by atoms with van der Waals surface area (Å²) in [7, 11) is 0. The standard InChI is InChI=1S/C26H36O10/c1-6-9-19(27)34-22-16(5)32-26(33-18-13-12-15(4)14-17(18)25(30)31)24(36-21(29)11-8-3)23(22)35-20(28)10-7-2/h12-14,16,22-24,26H,6-11H2,1-5H3,(H,30,31)/t16-,22+,23+,24-,26?/m0/s1. The summed E-state index contributed by atoms with van der Waals surface area (Å²) in [6.45, 7) is 8.78. The molecule has 1 aromatic carbocycles. The average molecular weight is 509 g/mol. The maximum atomic E-state index is 12.5. The zero-order chi connectivity index (χ0) is 26.8. The first kappa shape index (κ1) is 29.1. The fourth-order valence-corrected chi connectivity index (χ4v) is 3.77. The first-order valence-electron chi connectivity index (χ1n) is 12.4. The maximum absolute atomic E-state index is 12.5. The van der Waals surface area contributed by atoms with Gasteiger partial charge in [-0.25, -0.2) is 4.79 Å². The Balaban J connectivity index is 2.49.